The highest BCUT2D eigenvalue weighted by molar-refractivity contribution is 7.84. The normalized spacial score (nSPS) is 15.6. The summed E-state index contributed by atoms with van der Waals surface area (Å²) in [6.45, 7) is 9.19. The van der Waals surface area contributed by atoms with Crippen LogP contribution in [0.1, 0.15) is 105 Å². The van der Waals surface area contributed by atoms with Crippen molar-refractivity contribution in [1.29, 1.82) is 0 Å². The maximum Gasteiger partial charge on any atom is 0.0237 e. The molecule has 0 amide bonds. The zero-order valence-electron chi connectivity index (χ0n) is 15.9. The molecule has 0 saturated heterocycles. The quantitative estimate of drug-likeness (QED) is 0.287. The lowest BCUT2D eigenvalue weighted by molar-refractivity contribution is 0.473. The Bertz CT molecular complexity index is 228. The lowest BCUT2D eigenvalue weighted by Crippen LogP contribution is -2.09. The Kier molecular flexibility index (Phi) is 16.1. The molecule has 0 aromatic heterocycles. The van der Waals surface area contributed by atoms with E-state index in [0.717, 1.165) is 36.2 Å². The summed E-state index contributed by atoms with van der Waals surface area (Å²) in [4.78, 5) is 0. The predicted molar refractivity (Wildman–Crippen MR) is 103 cm³/mol. The fraction of sp³-hybridized carbons (Fsp3) is 1.00. The monoisotopic (exact) mass is 330 g/mol. The van der Waals surface area contributed by atoms with Gasteiger partial charge in [-0.2, -0.15) is 0 Å². The van der Waals surface area contributed by atoms with Crippen LogP contribution in [0.3, 0.4) is 0 Å². The SMILES string of the molecule is CCCCCCC(C)CCS(=O)CCC(C)CCCCCC. The highest BCUT2D eigenvalue weighted by Crippen LogP contribution is 2.16. The van der Waals surface area contributed by atoms with Gasteiger partial charge in [0.25, 0.3) is 0 Å². The van der Waals surface area contributed by atoms with Gasteiger partial charge in [0.1, 0.15) is 0 Å². The molecule has 0 saturated carbocycles. The predicted octanol–water partition coefficient (Wildman–Crippen LogP) is 6.73. The Labute approximate surface area is 143 Å². The molecule has 0 heterocycles. The minimum Gasteiger partial charge on any atom is -0.260 e. The van der Waals surface area contributed by atoms with E-state index in [2.05, 4.69) is 27.7 Å². The Balaban J connectivity index is 3.51. The third-order valence-corrected chi connectivity index (χ3v) is 6.16. The van der Waals surface area contributed by atoms with Gasteiger partial charge in [0, 0.05) is 22.3 Å². The van der Waals surface area contributed by atoms with Gasteiger partial charge in [-0.05, 0) is 24.7 Å². The van der Waals surface area contributed by atoms with Crippen molar-refractivity contribution in [2.24, 2.45) is 11.8 Å². The summed E-state index contributed by atoms with van der Waals surface area (Å²) in [6, 6.07) is 0. The molecule has 0 bridgehead atoms. The molecule has 134 valence electrons. The third-order valence-electron chi connectivity index (χ3n) is 4.78. The van der Waals surface area contributed by atoms with Crippen molar-refractivity contribution in [1.82, 2.24) is 0 Å². The third kappa shape index (κ3) is 15.1. The first-order valence-corrected chi connectivity index (χ1v) is 11.4. The summed E-state index contributed by atoms with van der Waals surface area (Å²) in [6.07, 6.45) is 15.8. The Morgan fingerprint density at radius 1 is 0.636 bits per heavy atom. The van der Waals surface area contributed by atoms with Crippen LogP contribution in [0.25, 0.3) is 0 Å². The van der Waals surface area contributed by atoms with Crippen molar-refractivity contribution < 1.29 is 4.21 Å². The zero-order chi connectivity index (χ0) is 16.6. The van der Waals surface area contributed by atoms with E-state index in [-0.39, 0.29) is 0 Å². The van der Waals surface area contributed by atoms with Crippen molar-refractivity contribution >= 4 is 10.8 Å². The first kappa shape index (κ1) is 22.1. The lowest BCUT2D eigenvalue weighted by Gasteiger charge is -2.13. The topological polar surface area (TPSA) is 17.1 Å². The second-order valence-corrected chi connectivity index (χ2v) is 9.03. The summed E-state index contributed by atoms with van der Waals surface area (Å²) in [5.74, 6) is 3.37. The van der Waals surface area contributed by atoms with Crippen molar-refractivity contribution in [2.45, 2.75) is 105 Å². The fourth-order valence-electron chi connectivity index (χ4n) is 2.90. The molecule has 0 aliphatic rings. The van der Waals surface area contributed by atoms with E-state index in [4.69, 9.17) is 0 Å². The lowest BCUT2D eigenvalue weighted by atomic mass is 10.0. The van der Waals surface area contributed by atoms with Gasteiger partial charge in [-0.3, -0.25) is 4.21 Å². The average Bonchev–Trinajstić information content (AvgIpc) is 2.51. The number of unbranched alkanes of at least 4 members (excludes halogenated alkanes) is 6. The summed E-state index contributed by atoms with van der Waals surface area (Å²) in [5, 5.41) is 0. The molecule has 1 nitrogen and oxygen atoms in total. The Morgan fingerprint density at radius 3 is 1.41 bits per heavy atom. The molecule has 2 unspecified atom stereocenters. The van der Waals surface area contributed by atoms with Gasteiger partial charge in [0.2, 0.25) is 0 Å². The van der Waals surface area contributed by atoms with E-state index in [1.165, 1.54) is 64.2 Å². The molecule has 0 aliphatic carbocycles. The van der Waals surface area contributed by atoms with E-state index in [0.29, 0.717) is 0 Å². The minimum atomic E-state index is -0.579. The highest BCUT2D eigenvalue weighted by Gasteiger charge is 2.08. The van der Waals surface area contributed by atoms with Gasteiger partial charge in [0.15, 0.2) is 0 Å². The molecule has 0 spiro atoms. The molecule has 0 N–H and O–H groups in total. The van der Waals surface area contributed by atoms with Gasteiger partial charge in [-0.25, -0.2) is 0 Å². The zero-order valence-corrected chi connectivity index (χ0v) is 16.7. The molecule has 0 rings (SSSR count). The largest absolute Gasteiger partial charge is 0.260 e. The van der Waals surface area contributed by atoms with Crippen LogP contribution in [0.2, 0.25) is 0 Å². The molecule has 2 heteroatoms. The molecule has 0 aromatic rings. The first-order chi connectivity index (χ1) is 10.6. The molecular weight excluding hydrogens is 288 g/mol. The van der Waals surface area contributed by atoms with E-state index >= 15 is 0 Å². The van der Waals surface area contributed by atoms with Gasteiger partial charge >= 0.3 is 0 Å². The maximum atomic E-state index is 12.1. The number of hydrogen-bond donors (Lipinski definition) is 0. The van der Waals surface area contributed by atoms with Crippen LogP contribution in [-0.4, -0.2) is 15.7 Å². The van der Waals surface area contributed by atoms with E-state index < -0.39 is 10.8 Å². The minimum absolute atomic E-state index is 0.579. The maximum absolute atomic E-state index is 12.1. The molecule has 0 aliphatic heterocycles. The van der Waals surface area contributed by atoms with E-state index in [1.54, 1.807) is 0 Å². The smallest absolute Gasteiger partial charge is 0.0237 e. The van der Waals surface area contributed by atoms with Crippen LogP contribution in [0.15, 0.2) is 0 Å². The van der Waals surface area contributed by atoms with Crippen LogP contribution >= 0.6 is 0 Å². The standard InChI is InChI=1S/C20H42OS/c1-5-7-9-11-13-19(3)15-17-22(21)18-16-20(4)14-12-10-8-6-2/h19-20H,5-18H2,1-4H3. The Morgan fingerprint density at radius 2 is 1.05 bits per heavy atom. The van der Waals surface area contributed by atoms with Crippen LogP contribution in [0, 0.1) is 11.8 Å². The summed E-state index contributed by atoms with van der Waals surface area (Å²) < 4.78 is 12.1. The molecule has 0 aromatic carbocycles. The van der Waals surface area contributed by atoms with Crippen molar-refractivity contribution in [3.05, 3.63) is 0 Å². The molecule has 22 heavy (non-hydrogen) atoms. The Hall–Kier alpha value is 0.150. The average molecular weight is 331 g/mol. The molecule has 2 atom stereocenters. The van der Waals surface area contributed by atoms with Crippen LogP contribution < -0.4 is 0 Å². The summed E-state index contributed by atoms with van der Waals surface area (Å²) in [7, 11) is -0.579. The second-order valence-electron chi connectivity index (χ2n) is 7.33. The van der Waals surface area contributed by atoms with E-state index in [1.807, 2.05) is 0 Å². The highest BCUT2D eigenvalue weighted by atomic mass is 32.2. The van der Waals surface area contributed by atoms with Crippen molar-refractivity contribution in [3.63, 3.8) is 0 Å². The molecule has 0 fully saturated rings. The summed E-state index contributed by atoms with van der Waals surface area (Å²) >= 11 is 0. The van der Waals surface area contributed by atoms with Gasteiger partial charge in [0.05, 0.1) is 0 Å². The molecule has 0 radical (unpaired) electrons. The van der Waals surface area contributed by atoms with Crippen LogP contribution in [0.4, 0.5) is 0 Å². The fourth-order valence-corrected chi connectivity index (χ4v) is 4.43. The first-order valence-electron chi connectivity index (χ1n) is 9.95. The van der Waals surface area contributed by atoms with Crippen molar-refractivity contribution in [2.75, 3.05) is 11.5 Å². The second kappa shape index (κ2) is 16.0. The number of rotatable bonds is 16. The molecular formula is C20H42OS. The summed E-state index contributed by atoms with van der Waals surface area (Å²) in [5.41, 5.74) is 0. The number of hydrogen-bond acceptors (Lipinski definition) is 1. The van der Waals surface area contributed by atoms with Crippen LogP contribution in [-0.2, 0) is 10.8 Å². The van der Waals surface area contributed by atoms with E-state index in [9.17, 15) is 4.21 Å². The van der Waals surface area contributed by atoms with Gasteiger partial charge in [-0.15, -0.1) is 0 Å². The van der Waals surface area contributed by atoms with Gasteiger partial charge < -0.3 is 0 Å². The van der Waals surface area contributed by atoms with Gasteiger partial charge in [-0.1, -0.05) is 91.9 Å². The van der Waals surface area contributed by atoms with Crippen LogP contribution in [0.5, 0.6) is 0 Å². The van der Waals surface area contributed by atoms with Crippen molar-refractivity contribution in [3.8, 4) is 0 Å².